The Kier molecular flexibility index (Phi) is 5.42. The van der Waals surface area contributed by atoms with E-state index in [1.54, 1.807) is 0 Å². The predicted octanol–water partition coefficient (Wildman–Crippen LogP) is 3.94. The van der Waals surface area contributed by atoms with Crippen LogP contribution in [0.15, 0.2) is 65.8 Å². The lowest BCUT2D eigenvalue weighted by atomic mass is 10.1. The van der Waals surface area contributed by atoms with Gasteiger partial charge in [-0.15, -0.1) is 10.2 Å². The van der Waals surface area contributed by atoms with Crippen molar-refractivity contribution in [3.63, 3.8) is 0 Å². The van der Waals surface area contributed by atoms with Crippen molar-refractivity contribution < 1.29 is 4.79 Å². The van der Waals surface area contributed by atoms with Crippen molar-refractivity contribution in [1.29, 1.82) is 0 Å². The van der Waals surface area contributed by atoms with Crippen molar-refractivity contribution in [1.82, 2.24) is 20.1 Å². The molecule has 0 saturated heterocycles. The highest BCUT2D eigenvalue weighted by Gasteiger charge is 2.18. The first-order valence-corrected chi connectivity index (χ1v) is 9.43. The van der Waals surface area contributed by atoms with Crippen LogP contribution in [0.2, 0.25) is 0 Å². The smallest absolute Gasteiger partial charge is 0.230 e. The zero-order valence-electron chi connectivity index (χ0n) is 15.1. The minimum Gasteiger partial charge on any atom is -0.351 e. The van der Waals surface area contributed by atoms with Crippen LogP contribution in [0, 0.1) is 0 Å². The van der Waals surface area contributed by atoms with Crippen molar-refractivity contribution in [2.45, 2.75) is 31.5 Å². The molecule has 0 aliphatic carbocycles. The second-order valence-corrected chi connectivity index (χ2v) is 7.87. The van der Waals surface area contributed by atoms with Crippen molar-refractivity contribution in [3.8, 4) is 17.1 Å². The Hall–Kier alpha value is -2.60. The van der Waals surface area contributed by atoms with Crippen LogP contribution in [0.1, 0.15) is 20.8 Å². The number of carbonyl (C=O) groups is 1. The molecule has 3 rings (SSSR count). The summed E-state index contributed by atoms with van der Waals surface area (Å²) < 4.78 is 1.99. The number of hydrogen-bond acceptors (Lipinski definition) is 4. The molecule has 5 nitrogen and oxygen atoms in total. The van der Waals surface area contributed by atoms with Gasteiger partial charge in [-0.3, -0.25) is 9.36 Å². The number of rotatable bonds is 5. The fourth-order valence-electron chi connectivity index (χ4n) is 2.53. The standard InChI is InChI=1S/C20H22N4OS/c1-20(2,3)21-17(25)14-26-19-23-22-18(15-10-6-4-7-11-15)24(19)16-12-8-5-9-13-16/h4-13H,14H2,1-3H3,(H,21,25). The summed E-state index contributed by atoms with van der Waals surface area (Å²) in [6.07, 6.45) is 0. The molecule has 0 fully saturated rings. The summed E-state index contributed by atoms with van der Waals surface area (Å²) in [6, 6.07) is 19.9. The highest BCUT2D eigenvalue weighted by Crippen LogP contribution is 2.27. The van der Waals surface area contributed by atoms with Gasteiger partial charge in [0.2, 0.25) is 5.91 Å². The van der Waals surface area contributed by atoms with Gasteiger partial charge in [0.05, 0.1) is 5.75 Å². The molecular weight excluding hydrogens is 344 g/mol. The Morgan fingerprint density at radius 2 is 1.62 bits per heavy atom. The van der Waals surface area contributed by atoms with E-state index < -0.39 is 0 Å². The predicted molar refractivity (Wildman–Crippen MR) is 105 cm³/mol. The Balaban J connectivity index is 1.91. The van der Waals surface area contributed by atoms with E-state index in [-0.39, 0.29) is 17.2 Å². The van der Waals surface area contributed by atoms with Gasteiger partial charge in [-0.1, -0.05) is 60.3 Å². The van der Waals surface area contributed by atoms with Crippen LogP contribution in [-0.2, 0) is 4.79 Å². The topological polar surface area (TPSA) is 59.8 Å². The molecule has 3 aromatic rings. The largest absolute Gasteiger partial charge is 0.351 e. The summed E-state index contributed by atoms with van der Waals surface area (Å²) in [5.41, 5.74) is 1.70. The van der Waals surface area contributed by atoms with Gasteiger partial charge in [-0.2, -0.15) is 0 Å². The van der Waals surface area contributed by atoms with Crippen molar-refractivity contribution in [2.75, 3.05) is 5.75 Å². The van der Waals surface area contributed by atoms with Crippen LogP contribution in [0.25, 0.3) is 17.1 Å². The lowest BCUT2D eigenvalue weighted by molar-refractivity contribution is -0.119. The number of nitrogens with zero attached hydrogens (tertiary/aromatic N) is 3. The molecule has 0 atom stereocenters. The molecule has 0 aliphatic rings. The quantitative estimate of drug-likeness (QED) is 0.695. The van der Waals surface area contributed by atoms with Crippen LogP contribution >= 0.6 is 11.8 Å². The van der Waals surface area contributed by atoms with E-state index in [0.29, 0.717) is 5.16 Å². The molecule has 1 N–H and O–H groups in total. The van der Waals surface area contributed by atoms with E-state index in [9.17, 15) is 4.79 Å². The molecule has 1 aromatic heterocycles. The number of benzene rings is 2. The number of amides is 1. The van der Waals surface area contributed by atoms with E-state index in [1.807, 2.05) is 86.0 Å². The molecule has 0 spiro atoms. The maximum atomic E-state index is 12.2. The molecule has 1 heterocycles. The van der Waals surface area contributed by atoms with Gasteiger partial charge in [0.15, 0.2) is 11.0 Å². The molecule has 2 aromatic carbocycles. The summed E-state index contributed by atoms with van der Waals surface area (Å²) in [6.45, 7) is 5.90. The Bertz CT molecular complexity index is 870. The number of hydrogen-bond donors (Lipinski definition) is 1. The van der Waals surface area contributed by atoms with Crippen LogP contribution in [0.5, 0.6) is 0 Å². The van der Waals surface area contributed by atoms with Crippen molar-refractivity contribution >= 4 is 17.7 Å². The molecule has 1 amide bonds. The summed E-state index contributed by atoms with van der Waals surface area (Å²) in [4.78, 5) is 12.2. The van der Waals surface area contributed by atoms with Gasteiger partial charge in [0.25, 0.3) is 0 Å². The minimum atomic E-state index is -0.250. The van der Waals surface area contributed by atoms with Crippen molar-refractivity contribution in [2.24, 2.45) is 0 Å². The Morgan fingerprint density at radius 3 is 2.23 bits per heavy atom. The third-order valence-corrected chi connectivity index (χ3v) is 4.46. The molecule has 134 valence electrons. The Morgan fingerprint density at radius 1 is 1.00 bits per heavy atom. The average Bonchev–Trinajstić information content (AvgIpc) is 3.04. The number of carbonyl (C=O) groups excluding carboxylic acids is 1. The highest BCUT2D eigenvalue weighted by molar-refractivity contribution is 7.99. The highest BCUT2D eigenvalue weighted by atomic mass is 32.2. The number of para-hydroxylation sites is 1. The zero-order chi connectivity index (χ0) is 18.6. The van der Waals surface area contributed by atoms with Gasteiger partial charge >= 0.3 is 0 Å². The molecule has 0 radical (unpaired) electrons. The van der Waals surface area contributed by atoms with Gasteiger partial charge in [0.1, 0.15) is 0 Å². The maximum absolute atomic E-state index is 12.2. The molecular formula is C20H22N4OS. The maximum Gasteiger partial charge on any atom is 0.230 e. The first-order valence-electron chi connectivity index (χ1n) is 8.44. The third kappa shape index (κ3) is 4.52. The van der Waals surface area contributed by atoms with Gasteiger partial charge in [-0.25, -0.2) is 0 Å². The van der Waals surface area contributed by atoms with Gasteiger partial charge < -0.3 is 5.32 Å². The fourth-order valence-corrected chi connectivity index (χ4v) is 3.28. The second kappa shape index (κ2) is 7.74. The van der Waals surface area contributed by atoms with Crippen LogP contribution < -0.4 is 5.32 Å². The SMILES string of the molecule is CC(C)(C)NC(=O)CSc1nnc(-c2ccccc2)n1-c1ccccc1. The molecule has 0 aliphatic heterocycles. The van der Waals surface area contributed by atoms with E-state index in [1.165, 1.54) is 11.8 Å². The number of aromatic nitrogens is 3. The second-order valence-electron chi connectivity index (χ2n) is 6.93. The minimum absolute atomic E-state index is 0.0219. The van der Waals surface area contributed by atoms with Crippen LogP contribution in [-0.4, -0.2) is 32.0 Å². The molecule has 26 heavy (non-hydrogen) atoms. The van der Waals surface area contributed by atoms with Crippen LogP contribution in [0.4, 0.5) is 0 Å². The molecule has 0 unspecified atom stereocenters. The van der Waals surface area contributed by atoms with E-state index in [4.69, 9.17) is 0 Å². The van der Waals surface area contributed by atoms with Crippen LogP contribution in [0.3, 0.4) is 0 Å². The zero-order valence-corrected chi connectivity index (χ0v) is 16.0. The first kappa shape index (κ1) is 18.2. The summed E-state index contributed by atoms with van der Waals surface area (Å²) in [5.74, 6) is 1.03. The third-order valence-electron chi connectivity index (χ3n) is 3.53. The molecule has 0 bridgehead atoms. The monoisotopic (exact) mass is 366 g/mol. The van der Waals surface area contributed by atoms with Gasteiger partial charge in [-0.05, 0) is 32.9 Å². The lowest BCUT2D eigenvalue weighted by Crippen LogP contribution is -2.41. The first-order chi connectivity index (χ1) is 12.4. The molecule has 0 saturated carbocycles. The fraction of sp³-hybridized carbons (Fsp3) is 0.250. The lowest BCUT2D eigenvalue weighted by Gasteiger charge is -2.20. The van der Waals surface area contributed by atoms with Crippen molar-refractivity contribution in [3.05, 3.63) is 60.7 Å². The molecule has 6 heteroatoms. The van der Waals surface area contributed by atoms with Gasteiger partial charge in [0, 0.05) is 16.8 Å². The summed E-state index contributed by atoms with van der Waals surface area (Å²) >= 11 is 1.38. The normalized spacial score (nSPS) is 11.3. The summed E-state index contributed by atoms with van der Waals surface area (Å²) in [5, 5.41) is 12.4. The number of nitrogens with one attached hydrogen (secondary N) is 1. The average molecular weight is 366 g/mol. The van der Waals surface area contributed by atoms with E-state index in [0.717, 1.165) is 17.1 Å². The Labute approximate surface area is 157 Å². The summed E-state index contributed by atoms with van der Waals surface area (Å²) in [7, 11) is 0. The van der Waals surface area contributed by atoms with E-state index >= 15 is 0 Å². The van der Waals surface area contributed by atoms with E-state index in [2.05, 4.69) is 15.5 Å². The number of thioether (sulfide) groups is 1.